The normalized spacial score (nSPS) is 12.0. The zero-order chi connectivity index (χ0) is 17.9. The highest BCUT2D eigenvalue weighted by atomic mass is 32.1. The molecule has 0 aromatic carbocycles. The van der Waals surface area contributed by atoms with Crippen LogP contribution in [0.25, 0.3) is 0 Å². The van der Waals surface area contributed by atoms with Gasteiger partial charge in [-0.15, -0.1) is 0 Å². The van der Waals surface area contributed by atoms with Crippen LogP contribution in [0.4, 0.5) is 0 Å². The summed E-state index contributed by atoms with van der Waals surface area (Å²) in [7, 11) is 0. The van der Waals surface area contributed by atoms with Crippen molar-refractivity contribution >= 4 is 12.6 Å². The molecule has 0 aromatic rings. The van der Waals surface area contributed by atoms with Crippen molar-refractivity contribution < 1.29 is 9.47 Å². The SMILES string of the molecule is CCCCCCCCCC(CCCS)(OCCCC)OCCCC. The maximum atomic E-state index is 6.31. The first-order valence-electron chi connectivity index (χ1n) is 10.6. The van der Waals surface area contributed by atoms with Gasteiger partial charge in [0.25, 0.3) is 0 Å². The monoisotopic (exact) mass is 360 g/mol. The third-order valence-corrected chi connectivity index (χ3v) is 4.92. The molecular weight excluding hydrogens is 316 g/mol. The van der Waals surface area contributed by atoms with E-state index in [9.17, 15) is 0 Å². The van der Waals surface area contributed by atoms with Crippen molar-refractivity contribution in [3.8, 4) is 0 Å². The molecule has 0 N–H and O–H groups in total. The van der Waals surface area contributed by atoms with E-state index in [4.69, 9.17) is 9.47 Å². The van der Waals surface area contributed by atoms with Crippen LogP contribution in [-0.4, -0.2) is 24.8 Å². The predicted octanol–water partition coefficient (Wildman–Crippen LogP) is 7.17. The highest BCUT2D eigenvalue weighted by Crippen LogP contribution is 2.29. The van der Waals surface area contributed by atoms with Crippen LogP contribution in [0.5, 0.6) is 0 Å². The van der Waals surface area contributed by atoms with E-state index in [-0.39, 0.29) is 5.79 Å². The summed E-state index contributed by atoms with van der Waals surface area (Å²) in [6, 6.07) is 0. The van der Waals surface area contributed by atoms with Crippen LogP contribution in [0.2, 0.25) is 0 Å². The summed E-state index contributed by atoms with van der Waals surface area (Å²) in [5.74, 6) is 0.559. The molecular formula is C21H44O2S. The zero-order valence-electron chi connectivity index (χ0n) is 16.8. The molecule has 0 fully saturated rings. The van der Waals surface area contributed by atoms with Gasteiger partial charge < -0.3 is 9.47 Å². The Kier molecular flexibility index (Phi) is 18.3. The van der Waals surface area contributed by atoms with Crippen molar-refractivity contribution in [1.29, 1.82) is 0 Å². The molecule has 0 aromatic heterocycles. The first kappa shape index (κ1) is 24.3. The molecule has 0 amide bonds. The lowest BCUT2D eigenvalue weighted by Crippen LogP contribution is -2.37. The lowest BCUT2D eigenvalue weighted by atomic mass is 10.0. The Morgan fingerprint density at radius 3 is 1.54 bits per heavy atom. The molecule has 0 spiro atoms. The minimum Gasteiger partial charge on any atom is -0.350 e. The van der Waals surface area contributed by atoms with Crippen molar-refractivity contribution in [2.45, 2.75) is 116 Å². The van der Waals surface area contributed by atoms with Gasteiger partial charge in [-0.1, -0.05) is 72.1 Å². The van der Waals surface area contributed by atoms with Gasteiger partial charge in [0.05, 0.1) is 13.2 Å². The maximum absolute atomic E-state index is 6.31. The Bertz CT molecular complexity index is 236. The van der Waals surface area contributed by atoms with Crippen molar-refractivity contribution in [1.82, 2.24) is 0 Å². The van der Waals surface area contributed by atoms with Gasteiger partial charge in [-0.2, -0.15) is 12.6 Å². The van der Waals surface area contributed by atoms with Gasteiger partial charge in [0.15, 0.2) is 5.79 Å². The second kappa shape index (κ2) is 18.1. The van der Waals surface area contributed by atoms with Gasteiger partial charge in [-0.3, -0.25) is 0 Å². The Balaban J connectivity index is 4.35. The van der Waals surface area contributed by atoms with Crippen LogP contribution in [0, 0.1) is 0 Å². The van der Waals surface area contributed by atoms with Crippen molar-refractivity contribution in [2.75, 3.05) is 19.0 Å². The average Bonchev–Trinajstić information content (AvgIpc) is 2.59. The van der Waals surface area contributed by atoms with Gasteiger partial charge in [0.2, 0.25) is 0 Å². The quantitative estimate of drug-likeness (QED) is 0.149. The first-order chi connectivity index (χ1) is 11.7. The lowest BCUT2D eigenvalue weighted by molar-refractivity contribution is -0.246. The Morgan fingerprint density at radius 2 is 1.04 bits per heavy atom. The van der Waals surface area contributed by atoms with Crippen molar-refractivity contribution in [3.05, 3.63) is 0 Å². The van der Waals surface area contributed by atoms with Gasteiger partial charge in [0.1, 0.15) is 0 Å². The number of thiol groups is 1. The predicted molar refractivity (Wildman–Crippen MR) is 110 cm³/mol. The Labute approximate surface area is 157 Å². The van der Waals surface area contributed by atoms with E-state index in [1.54, 1.807) is 0 Å². The molecule has 0 aliphatic rings. The summed E-state index contributed by atoms with van der Waals surface area (Å²) in [5.41, 5.74) is 0. The maximum Gasteiger partial charge on any atom is 0.168 e. The highest BCUT2D eigenvalue weighted by molar-refractivity contribution is 7.80. The average molecular weight is 361 g/mol. The van der Waals surface area contributed by atoms with E-state index >= 15 is 0 Å². The fraction of sp³-hybridized carbons (Fsp3) is 1.00. The summed E-state index contributed by atoms with van der Waals surface area (Å²) in [6.07, 6.45) is 17.0. The number of ether oxygens (including phenoxy) is 2. The molecule has 146 valence electrons. The molecule has 0 aliphatic carbocycles. The van der Waals surface area contributed by atoms with Gasteiger partial charge in [-0.25, -0.2) is 0 Å². The molecule has 0 saturated heterocycles. The molecule has 2 nitrogen and oxygen atoms in total. The molecule has 24 heavy (non-hydrogen) atoms. The second-order valence-electron chi connectivity index (χ2n) is 7.01. The molecule has 0 saturated carbocycles. The number of hydrogen-bond donors (Lipinski definition) is 1. The van der Waals surface area contributed by atoms with Gasteiger partial charge >= 0.3 is 0 Å². The highest BCUT2D eigenvalue weighted by Gasteiger charge is 2.30. The summed E-state index contributed by atoms with van der Waals surface area (Å²) in [5, 5.41) is 0. The minimum atomic E-state index is -0.351. The molecule has 0 bridgehead atoms. The topological polar surface area (TPSA) is 18.5 Å². The molecule has 0 heterocycles. The number of unbranched alkanes of at least 4 members (excludes halogenated alkanes) is 8. The first-order valence-corrected chi connectivity index (χ1v) is 11.3. The Morgan fingerprint density at radius 1 is 0.583 bits per heavy atom. The second-order valence-corrected chi connectivity index (χ2v) is 7.46. The summed E-state index contributed by atoms with van der Waals surface area (Å²) < 4.78 is 12.6. The molecule has 0 radical (unpaired) electrons. The molecule has 3 heteroatoms. The van der Waals surface area contributed by atoms with E-state index in [1.165, 1.54) is 57.8 Å². The summed E-state index contributed by atoms with van der Waals surface area (Å²) in [6.45, 7) is 8.36. The molecule has 0 aliphatic heterocycles. The van der Waals surface area contributed by atoms with Crippen LogP contribution in [0.15, 0.2) is 0 Å². The molecule has 0 rings (SSSR count). The fourth-order valence-corrected chi connectivity index (χ4v) is 3.12. The number of rotatable bonds is 19. The minimum absolute atomic E-state index is 0.351. The smallest absolute Gasteiger partial charge is 0.168 e. The Hall–Kier alpha value is 0.270. The third-order valence-electron chi connectivity index (χ3n) is 4.60. The van der Waals surface area contributed by atoms with Crippen molar-refractivity contribution in [2.24, 2.45) is 0 Å². The summed E-state index contributed by atoms with van der Waals surface area (Å²) >= 11 is 4.40. The van der Waals surface area contributed by atoms with Crippen molar-refractivity contribution in [3.63, 3.8) is 0 Å². The lowest BCUT2D eigenvalue weighted by Gasteiger charge is -2.34. The van der Waals surface area contributed by atoms with Crippen LogP contribution in [0.3, 0.4) is 0 Å². The standard InChI is InChI=1S/C21H44O2S/c1-4-7-10-11-12-13-14-16-21(17-15-20-24,22-18-8-5-2)23-19-9-6-3/h24H,4-20H2,1-3H3. The summed E-state index contributed by atoms with van der Waals surface area (Å²) in [4.78, 5) is 0. The van der Waals surface area contributed by atoms with E-state index in [0.29, 0.717) is 0 Å². The zero-order valence-corrected chi connectivity index (χ0v) is 17.7. The molecule has 0 unspecified atom stereocenters. The van der Waals surface area contributed by atoms with Gasteiger partial charge in [-0.05, 0) is 31.4 Å². The fourth-order valence-electron chi connectivity index (χ4n) is 2.96. The van der Waals surface area contributed by atoms with Gasteiger partial charge in [0, 0.05) is 12.8 Å². The van der Waals surface area contributed by atoms with E-state index in [0.717, 1.165) is 51.1 Å². The van der Waals surface area contributed by atoms with Crippen LogP contribution >= 0.6 is 12.6 Å². The molecule has 0 atom stereocenters. The van der Waals surface area contributed by atoms with E-state index in [2.05, 4.69) is 33.4 Å². The van der Waals surface area contributed by atoms with Crippen LogP contribution in [0.1, 0.15) is 111 Å². The third kappa shape index (κ3) is 13.5. The van der Waals surface area contributed by atoms with E-state index < -0.39 is 0 Å². The van der Waals surface area contributed by atoms with Crippen LogP contribution in [-0.2, 0) is 9.47 Å². The number of hydrogen-bond acceptors (Lipinski definition) is 3. The van der Waals surface area contributed by atoms with E-state index in [1.807, 2.05) is 0 Å². The largest absolute Gasteiger partial charge is 0.350 e. The van der Waals surface area contributed by atoms with Crippen LogP contribution < -0.4 is 0 Å².